The smallest absolute Gasteiger partial charge is 0.343 e. The number of aromatic nitrogens is 1. The summed E-state index contributed by atoms with van der Waals surface area (Å²) in [4.78, 5) is 29.1. The number of para-hydroxylation sites is 1. The van der Waals surface area contributed by atoms with E-state index in [1.807, 2.05) is 50.2 Å². The molecule has 0 bridgehead atoms. The van der Waals surface area contributed by atoms with Gasteiger partial charge in [-0.15, -0.1) is 0 Å². The molecule has 1 heterocycles. The predicted octanol–water partition coefficient (Wildman–Crippen LogP) is 7.83. The molecule has 0 saturated carbocycles. The summed E-state index contributed by atoms with van der Waals surface area (Å²) in [5.41, 5.74) is 6.79. The van der Waals surface area contributed by atoms with E-state index in [2.05, 4.69) is 15.5 Å². The molecule has 5 rings (SSSR count). The third-order valence-electron chi connectivity index (χ3n) is 6.26. The fraction of sp³-hybridized carbons (Fsp3) is 0.0938. The Morgan fingerprint density at radius 1 is 0.927 bits per heavy atom. The molecule has 41 heavy (non-hydrogen) atoms. The highest BCUT2D eigenvalue weighted by Crippen LogP contribution is 2.38. The Hall–Kier alpha value is -4.59. The van der Waals surface area contributed by atoms with Crippen LogP contribution in [0, 0.1) is 6.92 Å². The van der Waals surface area contributed by atoms with Crippen LogP contribution < -0.4 is 14.9 Å². The topological polar surface area (TPSA) is 92.8 Å². The van der Waals surface area contributed by atoms with E-state index in [-0.39, 0.29) is 11.4 Å². The Balaban J connectivity index is 1.38. The first-order chi connectivity index (χ1) is 19.9. The number of benzene rings is 4. The van der Waals surface area contributed by atoms with E-state index in [9.17, 15) is 9.59 Å². The van der Waals surface area contributed by atoms with Crippen molar-refractivity contribution in [2.24, 2.45) is 5.10 Å². The molecule has 0 fully saturated rings. The van der Waals surface area contributed by atoms with E-state index < -0.39 is 11.9 Å². The standard InChI is InChI=1S/C32H25Cl2N3O4/c1-3-40-27-17-20(14-15-26(27)41-32(39)21-9-6-8-19(2)16-21)18-35-37-31(38)30-28(22-10-4-5-12-24(22)33)23-11-7-13-25(34)29(23)36-30/h4-18,36H,3H2,1-2H3,(H,37,38). The number of ether oxygens (including phenoxy) is 2. The number of hydrogen-bond donors (Lipinski definition) is 2. The molecule has 0 aliphatic carbocycles. The highest BCUT2D eigenvalue weighted by Gasteiger charge is 2.22. The second-order valence-electron chi connectivity index (χ2n) is 9.11. The van der Waals surface area contributed by atoms with Gasteiger partial charge in [-0.25, -0.2) is 10.2 Å². The lowest BCUT2D eigenvalue weighted by Crippen LogP contribution is -2.19. The Morgan fingerprint density at radius 2 is 1.71 bits per heavy atom. The number of hydrazone groups is 1. The lowest BCUT2D eigenvalue weighted by Gasteiger charge is -2.11. The first kappa shape index (κ1) is 28.0. The van der Waals surface area contributed by atoms with Crippen LogP contribution in [0.25, 0.3) is 22.0 Å². The molecule has 9 heteroatoms. The molecule has 0 saturated heterocycles. The fourth-order valence-corrected chi connectivity index (χ4v) is 4.86. The van der Waals surface area contributed by atoms with Gasteiger partial charge in [0.05, 0.1) is 28.9 Å². The molecule has 1 aromatic heterocycles. The zero-order valence-electron chi connectivity index (χ0n) is 22.2. The zero-order chi connectivity index (χ0) is 28.9. The normalized spacial score (nSPS) is 11.1. The molecule has 0 unspecified atom stereocenters. The number of halogens is 2. The molecule has 0 spiro atoms. The summed E-state index contributed by atoms with van der Waals surface area (Å²) >= 11 is 12.9. The maximum Gasteiger partial charge on any atom is 0.343 e. The molecule has 206 valence electrons. The van der Waals surface area contributed by atoms with Crippen LogP contribution >= 0.6 is 23.2 Å². The van der Waals surface area contributed by atoms with Gasteiger partial charge in [0, 0.05) is 21.5 Å². The molecule has 0 aliphatic heterocycles. The highest BCUT2D eigenvalue weighted by atomic mass is 35.5. The van der Waals surface area contributed by atoms with E-state index in [1.54, 1.807) is 48.5 Å². The van der Waals surface area contributed by atoms with Gasteiger partial charge < -0.3 is 14.5 Å². The van der Waals surface area contributed by atoms with Gasteiger partial charge in [0.25, 0.3) is 5.91 Å². The zero-order valence-corrected chi connectivity index (χ0v) is 23.7. The van der Waals surface area contributed by atoms with E-state index >= 15 is 0 Å². The minimum Gasteiger partial charge on any atom is -0.490 e. The molecule has 4 aromatic carbocycles. The number of aromatic amines is 1. The van der Waals surface area contributed by atoms with Gasteiger partial charge in [-0.3, -0.25) is 4.79 Å². The van der Waals surface area contributed by atoms with Gasteiger partial charge in [0.1, 0.15) is 5.69 Å². The molecule has 7 nitrogen and oxygen atoms in total. The Morgan fingerprint density at radius 3 is 2.49 bits per heavy atom. The number of H-pyrrole nitrogens is 1. The number of amides is 1. The number of carbonyl (C=O) groups excluding carboxylic acids is 2. The molecule has 0 atom stereocenters. The number of carbonyl (C=O) groups is 2. The van der Waals surface area contributed by atoms with Crippen molar-refractivity contribution in [3.8, 4) is 22.6 Å². The van der Waals surface area contributed by atoms with Crippen LogP contribution in [0.4, 0.5) is 0 Å². The number of nitrogens with one attached hydrogen (secondary N) is 2. The second kappa shape index (κ2) is 12.3. The molecule has 1 amide bonds. The van der Waals surface area contributed by atoms with Crippen molar-refractivity contribution in [3.63, 3.8) is 0 Å². The van der Waals surface area contributed by atoms with Crippen LogP contribution in [-0.2, 0) is 0 Å². The van der Waals surface area contributed by atoms with Gasteiger partial charge in [0.2, 0.25) is 0 Å². The largest absolute Gasteiger partial charge is 0.490 e. The van der Waals surface area contributed by atoms with Gasteiger partial charge >= 0.3 is 5.97 Å². The summed E-state index contributed by atoms with van der Waals surface area (Å²) in [6, 6.07) is 24.9. The van der Waals surface area contributed by atoms with Gasteiger partial charge in [-0.1, -0.05) is 71.2 Å². The van der Waals surface area contributed by atoms with Gasteiger partial charge in [-0.2, -0.15) is 5.10 Å². The van der Waals surface area contributed by atoms with Crippen molar-refractivity contribution in [3.05, 3.63) is 117 Å². The average molecular weight is 586 g/mol. The van der Waals surface area contributed by atoms with E-state index in [4.69, 9.17) is 32.7 Å². The van der Waals surface area contributed by atoms with Crippen LogP contribution in [0.2, 0.25) is 10.0 Å². The monoisotopic (exact) mass is 585 g/mol. The maximum atomic E-state index is 13.3. The van der Waals surface area contributed by atoms with Crippen molar-refractivity contribution < 1.29 is 19.1 Å². The van der Waals surface area contributed by atoms with Crippen molar-refractivity contribution >= 4 is 52.2 Å². The third-order valence-corrected chi connectivity index (χ3v) is 6.90. The fourth-order valence-electron chi connectivity index (χ4n) is 4.41. The number of nitrogens with zero attached hydrogens (tertiary/aromatic N) is 1. The van der Waals surface area contributed by atoms with E-state index in [0.717, 1.165) is 10.9 Å². The average Bonchev–Trinajstić information content (AvgIpc) is 3.35. The number of esters is 1. The first-order valence-corrected chi connectivity index (χ1v) is 13.6. The number of rotatable bonds is 8. The van der Waals surface area contributed by atoms with Crippen molar-refractivity contribution in [2.45, 2.75) is 13.8 Å². The quantitative estimate of drug-likeness (QED) is 0.0839. The van der Waals surface area contributed by atoms with Crippen LogP contribution in [0.5, 0.6) is 11.5 Å². The summed E-state index contributed by atoms with van der Waals surface area (Å²) in [6.07, 6.45) is 1.47. The minimum absolute atomic E-state index is 0.270. The Labute approximate surface area is 246 Å². The van der Waals surface area contributed by atoms with Gasteiger partial charge in [0.15, 0.2) is 11.5 Å². The van der Waals surface area contributed by atoms with Crippen molar-refractivity contribution in [1.29, 1.82) is 0 Å². The highest BCUT2D eigenvalue weighted by molar-refractivity contribution is 6.37. The summed E-state index contributed by atoms with van der Waals surface area (Å²) in [6.45, 7) is 4.09. The second-order valence-corrected chi connectivity index (χ2v) is 9.93. The lowest BCUT2D eigenvalue weighted by atomic mass is 10.0. The molecule has 5 aromatic rings. The number of hydrogen-bond acceptors (Lipinski definition) is 5. The molecule has 0 radical (unpaired) electrons. The summed E-state index contributed by atoms with van der Waals surface area (Å²) in [7, 11) is 0. The SMILES string of the molecule is CCOc1cc(C=NNC(=O)c2[nH]c3c(Cl)cccc3c2-c2ccccc2Cl)ccc1OC(=O)c1cccc(C)c1. The predicted molar refractivity (Wildman–Crippen MR) is 163 cm³/mol. The number of fused-ring (bicyclic) bond motifs is 1. The lowest BCUT2D eigenvalue weighted by molar-refractivity contribution is 0.0728. The van der Waals surface area contributed by atoms with E-state index in [1.165, 1.54) is 6.21 Å². The van der Waals surface area contributed by atoms with E-state index in [0.29, 0.717) is 50.2 Å². The van der Waals surface area contributed by atoms with Crippen LogP contribution in [0.15, 0.2) is 90.0 Å². The molecular weight excluding hydrogens is 561 g/mol. The van der Waals surface area contributed by atoms with Crippen LogP contribution in [0.1, 0.15) is 38.9 Å². The summed E-state index contributed by atoms with van der Waals surface area (Å²) < 4.78 is 11.3. The first-order valence-electron chi connectivity index (χ1n) is 12.8. The Bertz CT molecular complexity index is 1800. The summed E-state index contributed by atoms with van der Waals surface area (Å²) in [5, 5.41) is 5.88. The third kappa shape index (κ3) is 6.11. The van der Waals surface area contributed by atoms with Crippen LogP contribution in [-0.4, -0.2) is 29.7 Å². The van der Waals surface area contributed by atoms with Gasteiger partial charge in [-0.05, 0) is 61.9 Å². The van der Waals surface area contributed by atoms with Crippen molar-refractivity contribution in [2.75, 3.05) is 6.61 Å². The van der Waals surface area contributed by atoms with Crippen LogP contribution in [0.3, 0.4) is 0 Å². The molecule has 0 aliphatic rings. The maximum absolute atomic E-state index is 13.3. The molecular formula is C32H25Cl2N3O4. The molecule has 2 N–H and O–H groups in total. The number of aryl methyl sites for hydroxylation is 1. The summed E-state index contributed by atoms with van der Waals surface area (Å²) in [5.74, 6) is -0.317. The Kier molecular flexibility index (Phi) is 8.38. The van der Waals surface area contributed by atoms with Crippen molar-refractivity contribution in [1.82, 2.24) is 10.4 Å². The minimum atomic E-state index is -0.490.